The second-order valence-electron chi connectivity index (χ2n) is 4.56. The minimum atomic E-state index is 0.954. The highest BCUT2D eigenvalue weighted by atomic mass is 15.1. The molecule has 1 aromatic heterocycles. The van der Waals surface area contributed by atoms with Crippen LogP contribution in [0, 0.1) is 0 Å². The van der Waals surface area contributed by atoms with Crippen LogP contribution in [0.5, 0.6) is 0 Å². The van der Waals surface area contributed by atoms with Gasteiger partial charge in [0.25, 0.3) is 0 Å². The molecule has 2 aromatic carbocycles. The summed E-state index contributed by atoms with van der Waals surface area (Å²) in [6.45, 7) is 4.14. The maximum Gasteiger partial charge on any atom is 0.0766 e. The largest absolute Gasteiger partial charge is 0.353 e. The summed E-state index contributed by atoms with van der Waals surface area (Å²) in [5.74, 6) is 0. The average Bonchev–Trinajstić information content (AvgIpc) is 2.79. The molecular weight excluding hydrogens is 220 g/mol. The van der Waals surface area contributed by atoms with E-state index in [1.165, 1.54) is 16.5 Å². The van der Waals surface area contributed by atoms with Gasteiger partial charge in [-0.25, -0.2) is 0 Å². The van der Waals surface area contributed by atoms with Crippen LogP contribution >= 0.6 is 0 Å². The maximum absolute atomic E-state index is 4.14. The van der Waals surface area contributed by atoms with Crippen molar-refractivity contribution in [2.75, 3.05) is 5.32 Å². The number of rotatable bonds is 0. The van der Waals surface area contributed by atoms with E-state index in [9.17, 15) is 0 Å². The fourth-order valence-electron chi connectivity index (χ4n) is 2.67. The molecule has 0 spiro atoms. The zero-order valence-electron chi connectivity index (χ0n) is 9.85. The number of benzene rings is 2. The molecule has 0 aliphatic carbocycles. The van der Waals surface area contributed by atoms with Gasteiger partial charge < -0.3 is 9.88 Å². The molecule has 0 unspecified atom stereocenters. The van der Waals surface area contributed by atoms with Crippen molar-refractivity contribution in [3.05, 3.63) is 67.0 Å². The van der Waals surface area contributed by atoms with Crippen molar-refractivity contribution in [2.24, 2.45) is 0 Å². The van der Waals surface area contributed by atoms with Gasteiger partial charge in [-0.2, -0.15) is 0 Å². The predicted molar refractivity (Wildman–Crippen MR) is 75.9 cm³/mol. The molecule has 4 rings (SSSR count). The van der Waals surface area contributed by atoms with Crippen LogP contribution in [0.15, 0.2) is 61.3 Å². The smallest absolute Gasteiger partial charge is 0.0766 e. The Morgan fingerprint density at radius 3 is 2.67 bits per heavy atom. The van der Waals surface area contributed by atoms with E-state index in [1.54, 1.807) is 0 Å². The third-order valence-electron chi connectivity index (χ3n) is 3.46. The summed E-state index contributed by atoms with van der Waals surface area (Å²) in [5.41, 5.74) is 4.39. The molecule has 2 heterocycles. The molecular formula is C16H12N2. The predicted octanol–water partition coefficient (Wildman–Crippen LogP) is 4.03. The molecule has 0 amide bonds. The number of para-hydroxylation sites is 2. The van der Waals surface area contributed by atoms with Gasteiger partial charge in [0.15, 0.2) is 0 Å². The van der Waals surface area contributed by atoms with Gasteiger partial charge in [0.1, 0.15) is 0 Å². The van der Waals surface area contributed by atoms with Crippen molar-refractivity contribution < 1.29 is 0 Å². The molecule has 0 saturated heterocycles. The molecule has 0 atom stereocenters. The van der Waals surface area contributed by atoms with Crippen LogP contribution in [-0.4, -0.2) is 4.57 Å². The average molecular weight is 232 g/mol. The van der Waals surface area contributed by atoms with E-state index in [2.05, 4.69) is 65.1 Å². The fourth-order valence-corrected chi connectivity index (χ4v) is 2.67. The third-order valence-corrected chi connectivity index (χ3v) is 3.46. The Morgan fingerprint density at radius 1 is 0.944 bits per heavy atom. The first-order valence-corrected chi connectivity index (χ1v) is 6.00. The monoisotopic (exact) mass is 232 g/mol. The van der Waals surface area contributed by atoms with Gasteiger partial charge in [0.2, 0.25) is 0 Å². The zero-order valence-corrected chi connectivity index (χ0v) is 9.85. The van der Waals surface area contributed by atoms with Gasteiger partial charge >= 0.3 is 0 Å². The first kappa shape index (κ1) is 9.54. The summed E-state index contributed by atoms with van der Waals surface area (Å²) in [4.78, 5) is 0. The normalized spacial score (nSPS) is 13.0. The number of aromatic nitrogens is 1. The molecule has 0 saturated carbocycles. The van der Waals surface area contributed by atoms with Gasteiger partial charge in [-0.1, -0.05) is 43.0 Å². The number of hydrogen-bond acceptors (Lipinski definition) is 1. The quantitative estimate of drug-likeness (QED) is 0.619. The van der Waals surface area contributed by atoms with E-state index in [0.29, 0.717) is 0 Å². The van der Waals surface area contributed by atoms with Crippen molar-refractivity contribution in [3.8, 4) is 5.69 Å². The van der Waals surface area contributed by atoms with Crippen LogP contribution in [0.1, 0.15) is 5.69 Å². The van der Waals surface area contributed by atoms with Crippen molar-refractivity contribution in [3.63, 3.8) is 0 Å². The van der Waals surface area contributed by atoms with E-state index in [1.807, 2.05) is 6.07 Å². The molecule has 0 radical (unpaired) electrons. The van der Waals surface area contributed by atoms with Crippen LogP contribution < -0.4 is 5.32 Å². The van der Waals surface area contributed by atoms with Crippen LogP contribution in [0.4, 0.5) is 5.69 Å². The molecule has 1 aliphatic rings. The van der Waals surface area contributed by atoms with E-state index >= 15 is 0 Å². The molecule has 86 valence electrons. The Morgan fingerprint density at radius 2 is 1.72 bits per heavy atom. The number of nitrogens with one attached hydrogen (secondary N) is 1. The Bertz CT molecular complexity index is 781. The first-order valence-electron chi connectivity index (χ1n) is 6.00. The summed E-state index contributed by atoms with van der Waals surface area (Å²) >= 11 is 0. The Hall–Kier alpha value is -2.48. The summed E-state index contributed by atoms with van der Waals surface area (Å²) in [5, 5.41) is 5.86. The molecule has 3 aromatic rings. The van der Waals surface area contributed by atoms with Crippen LogP contribution in [-0.2, 0) is 0 Å². The number of hydrogen-bond donors (Lipinski definition) is 1. The second kappa shape index (κ2) is 3.26. The number of nitrogens with zero attached hydrogens (tertiary/aromatic N) is 1. The van der Waals surface area contributed by atoms with Crippen molar-refractivity contribution in [1.82, 2.24) is 4.57 Å². The highest BCUT2D eigenvalue weighted by Crippen LogP contribution is 2.36. The van der Waals surface area contributed by atoms with E-state index in [4.69, 9.17) is 0 Å². The van der Waals surface area contributed by atoms with E-state index in [-0.39, 0.29) is 0 Å². The summed E-state index contributed by atoms with van der Waals surface area (Å²) in [7, 11) is 0. The second-order valence-corrected chi connectivity index (χ2v) is 4.56. The minimum Gasteiger partial charge on any atom is -0.353 e. The highest BCUT2D eigenvalue weighted by molar-refractivity contribution is 5.99. The van der Waals surface area contributed by atoms with Crippen molar-refractivity contribution in [1.29, 1.82) is 0 Å². The van der Waals surface area contributed by atoms with Gasteiger partial charge in [-0.05, 0) is 12.1 Å². The Kier molecular flexibility index (Phi) is 1.73. The lowest BCUT2D eigenvalue weighted by Crippen LogP contribution is -2.12. The zero-order chi connectivity index (χ0) is 12.1. The van der Waals surface area contributed by atoms with Gasteiger partial charge in [-0.15, -0.1) is 0 Å². The van der Waals surface area contributed by atoms with Gasteiger partial charge in [0, 0.05) is 17.0 Å². The standard InChI is InChI=1S/C16H12N2/c1-11-16-13-7-3-2-6-12(13)10-18(16)15-9-5-4-8-14(15)17-11/h2-10,17H,1H2. The SMILES string of the molecule is C=C1Nc2ccccc2-n2cc3ccccc3c21. The summed E-state index contributed by atoms with van der Waals surface area (Å²) in [6, 6.07) is 16.7. The first-order chi connectivity index (χ1) is 8.84. The summed E-state index contributed by atoms with van der Waals surface area (Å²) in [6.07, 6.45) is 2.18. The summed E-state index contributed by atoms with van der Waals surface area (Å²) < 4.78 is 2.22. The van der Waals surface area contributed by atoms with Gasteiger partial charge in [-0.3, -0.25) is 0 Å². The third kappa shape index (κ3) is 1.12. The lowest BCUT2D eigenvalue weighted by atomic mass is 10.1. The topological polar surface area (TPSA) is 17.0 Å². The Labute approximate surface area is 105 Å². The molecule has 2 nitrogen and oxygen atoms in total. The molecule has 1 N–H and O–H groups in total. The minimum absolute atomic E-state index is 0.954. The Balaban J connectivity index is 2.16. The van der Waals surface area contributed by atoms with E-state index in [0.717, 1.165) is 17.1 Å². The van der Waals surface area contributed by atoms with Gasteiger partial charge in [0.05, 0.1) is 22.8 Å². The lowest BCUT2D eigenvalue weighted by Gasteiger charge is -2.23. The maximum atomic E-state index is 4.14. The van der Waals surface area contributed by atoms with Crippen LogP contribution in [0.25, 0.3) is 22.2 Å². The van der Waals surface area contributed by atoms with Crippen LogP contribution in [0.2, 0.25) is 0 Å². The van der Waals surface area contributed by atoms with E-state index < -0.39 is 0 Å². The van der Waals surface area contributed by atoms with Crippen molar-refractivity contribution >= 4 is 22.2 Å². The molecule has 1 aliphatic heterocycles. The fraction of sp³-hybridized carbons (Fsp3) is 0. The lowest BCUT2D eigenvalue weighted by molar-refractivity contribution is 1.04. The molecule has 18 heavy (non-hydrogen) atoms. The molecule has 0 bridgehead atoms. The number of fused-ring (bicyclic) bond motifs is 5. The molecule has 0 fully saturated rings. The van der Waals surface area contributed by atoms with Crippen LogP contribution in [0.3, 0.4) is 0 Å². The molecule has 2 heteroatoms. The highest BCUT2D eigenvalue weighted by Gasteiger charge is 2.20. The number of anilines is 1. The van der Waals surface area contributed by atoms with Crippen molar-refractivity contribution in [2.45, 2.75) is 0 Å².